The van der Waals surface area contributed by atoms with Crippen LogP contribution in [0.25, 0.3) is 0 Å². The average molecular weight is 256 g/mol. The van der Waals surface area contributed by atoms with Crippen molar-refractivity contribution in [2.24, 2.45) is 0 Å². The van der Waals surface area contributed by atoms with Crippen LogP contribution in [-0.4, -0.2) is 36.8 Å². The van der Waals surface area contributed by atoms with Crippen molar-refractivity contribution in [2.45, 2.75) is 13.0 Å². The standard InChI is InChI=1S/C12H14F2N2O2/c1-7-6-15-2-3-16(7)8-4-9(13)11(12(17)18)10(14)5-8/h4-5,7,15H,2-3,6H2,1H3,(H,17,18)/t7-/m0/s1. The molecule has 0 spiro atoms. The first-order chi connectivity index (χ1) is 8.50. The summed E-state index contributed by atoms with van der Waals surface area (Å²) in [5.41, 5.74) is -0.523. The molecule has 0 radical (unpaired) electrons. The van der Waals surface area contributed by atoms with Gasteiger partial charge in [-0.05, 0) is 19.1 Å². The van der Waals surface area contributed by atoms with Crippen molar-refractivity contribution < 1.29 is 18.7 Å². The SMILES string of the molecule is C[C@H]1CNCCN1c1cc(F)c(C(=O)O)c(F)c1. The molecule has 18 heavy (non-hydrogen) atoms. The Morgan fingerprint density at radius 3 is 2.56 bits per heavy atom. The lowest BCUT2D eigenvalue weighted by Crippen LogP contribution is -2.50. The third-order valence-corrected chi connectivity index (χ3v) is 3.07. The number of hydrogen-bond donors (Lipinski definition) is 2. The van der Waals surface area contributed by atoms with Gasteiger partial charge in [0.25, 0.3) is 0 Å². The summed E-state index contributed by atoms with van der Waals surface area (Å²) < 4.78 is 27.2. The van der Waals surface area contributed by atoms with Gasteiger partial charge in [0.15, 0.2) is 0 Å². The number of hydrogen-bond acceptors (Lipinski definition) is 3. The van der Waals surface area contributed by atoms with Crippen LogP contribution in [0.3, 0.4) is 0 Å². The summed E-state index contributed by atoms with van der Waals surface area (Å²) in [6.07, 6.45) is 0. The Balaban J connectivity index is 2.38. The fraction of sp³-hybridized carbons (Fsp3) is 0.417. The van der Waals surface area contributed by atoms with E-state index in [2.05, 4.69) is 5.32 Å². The minimum Gasteiger partial charge on any atom is -0.477 e. The molecule has 2 N–H and O–H groups in total. The molecule has 0 aliphatic carbocycles. The molecule has 0 saturated carbocycles. The second-order valence-corrected chi connectivity index (χ2v) is 4.34. The Kier molecular flexibility index (Phi) is 3.47. The quantitative estimate of drug-likeness (QED) is 0.841. The van der Waals surface area contributed by atoms with E-state index in [1.54, 1.807) is 0 Å². The number of nitrogens with one attached hydrogen (secondary N) is 1. The predicted molar refractivity (Wildman–Crippen MR) is 63.0 cm³/mol. The summed E-state index contributed by atoms with van der Waals surface area (Å²) in [6, 6.07) is 2.26. The van der Waals surface area contributed by atoms with Gasteiger partial charge in [-0.25, -0.2) is 13.6 Å². The highest BCUT2D eigenvalue weighted by molar-refractivity contribution is 5.88. The Bertz CT molecular complexity index is 456. The first kappa shape index (κ1) is 12.8. The summed E-state index contributed by atoms with van der Waals surface area (Å²) >= 11 is 0. The van der Waals surface area contributed by atoms with Crippen LogP contribution in [-0.2, 0) is 0 Å². The van der Waals surface area contributed by atoms with E-state index >= 15 is 0 Å². The van der Waals surface area contributed by atoms with Crippen LogP contribution in [0.1, 0.15) is 17.3 Å². The zero-order valence-corrected chi connectivity index (χ0v) is 9.91. The number of carboxylic acids is 1. The molecule has 4 nitrogen and oxygen atoms in total. The molecular weight excluding hydrogens is 242 g/mol. The average Bonchev–Trinajstić information content (AvgIpc) is 2.27. The van der Waals surface area contributed by atoms with Gasteiger partial charge in [-0.15, -0.1) is 0 Å². The van der Waals surface area contributed by atoms with E-state index < -0.39 is 23.2 Å². The Labute approximate surface area is 103 Å². The van der Waals surface area contributed by atoms with E-state index in [1.165, 1.54) is 0 Å². The van der Waals surface area contributed by atoms with Crippen molar-refractivity contribution in [3.8, 4) is 0 Å². The van der Waals surface area contributed by atoms with E-state index in [-0.39, 0.29) is 6.04 Å². The predicted octanol–water partition coefficient (Wildman–Crippen LogP) is 1.46. The highest BCUT2D eigenvalue weighted by atomic mass is 19.1. The van der Waals surface area contributed by atoms with E-state index in [1.807, 2.05) is 11.8 Å². The third-order valence-electron chi connectivity index (χ3n) is 3.07. The number of halogens is 2. The molecule has 1 saturated heterocycles. The normalized spacial score (nSPS) is 19.9. The fourth-order valence-corrected chi connectivity index (χ4v) is 2.15. The molecule has 1 aromatic carbocycles. The van der Waals surface area contributed by atoms with Crippen molar-refractivity contribution in [3.63, 3.8) is 0 Å². The second kappa shape index (κ2) is 4.89. The van der Waals surface area contributed by atoms with Crippen molar-refractivity contribution in [2.75, 3.05) is 24.5 Å². The molecule has 0 aromatic heterocycles. The summed E-state index contributed by atoms with van der Waals surface area (Å²) in [7, 11) is 0. The second-order valence-electron chi connectivity index (χ2n) is 4.34. The first-order valence-corrected chi connectivity index (χ1v) is 5.70. The number of carboxylic acid groups (broad SMARTS) is 1. The van der Waals surface area contributed by atoms with Gasteiger partial charge in [-0.3, -0.25) is 0 Å². The smallest absolute Gasteiger partial charge is 0.341 e. The number of piperazine rings is 1. The number of carbonyl (C=O) groups is 1. The molecule has 1 fully saturated rings. The number of nitrogens with zero attached hydrogens (tertiary/aromatic N) is 1. The number of benzene rings is 1. The van der Waals surface area contributed by atoms with Crippen LogP contribution in [0.4, 0.5) is 14.5 Å². The molecule has 1 heterocycles. The monoisotopic (exact) mass is 256 g/mol. The van der Waals surface area contributed by atoms with Gasteiger partial charge in [0.1, 0.15) is 17.2 Å². The minimum atomic E-state index is -1.59. The fourth-order valence-electron chi connectivity index (χ4n) is 2.15. The maximum atomic E-state index is 13.6. The zero-order valence-electron chi connectivity index (χ0n) is 9.91. The third kappa shape index (κ3) is 2.28. The topological polar surface area (TPSA) is 52.6 Å². The Morgan fingerprint density at radius 2 is 2.06 bits per heavy atom. The molecule has 6 heteroatoms. The maximum absolute atomic E-state index is 13.6. The Morgan fingerprint density at radius 1 is 1.44 bits per heavy atom. The van der Waals surface area contributed by atoms with Gasteiger partial charge in [-0.1, -0.05) is 0 Å². The molecule has 0 amide bonds. The molecule has 1 atom stereocenters. The molecule has 0 bridgehead atoms. The van der Waals surface area contributed by atoms with E-state index in [9.17, 15) is 13.6 Å². The van der Waals surface area contributed by atoms with Gasteiger partial charge in [-0.2, -0.15) is 0 Å². The highest BCUT2D eigenvalue weighted by Gasteiger charge is 2.23. The lowest BCUT2D eigenvalue weighted by molar-refractivity contribution is 0.0686. The molecule has 1 aliphatic rings. The summed E-state index contributed by atoms with van der Waals surface area (Å²) in [5, 5.41) is 11.9. The molecule has 0 unspecified atom stereocenters. The highest BCUT2D eigenvalue weighted by Crippen LogP contribution is 2.24. The van der Waals surface area contributed by atoms with Crippen molar-refractivity contribution >= 4 is 11.7 Å². The van der Waals surface area contributed by atoms with Gasteiger partial charge in [0.2, 0.25) is 0 Å². The van der Waals surface area contributed by atoms with Gasteiger partial charge >= 0.3 is 5.97 Å². The molecule has 1 aliphatic heterocycles. The maximum Gasteiger partial charge on any atom is 0.341 e. The van der Waals surface area contributed by atoms with E-state index in [0.717, 1.165) is 25.2 Å². The molecule has 98 valence electrons. The van der Waals surface area contributed by atoms with E-state index in [4.69, 9.17) is 5.11 Å². The van der Waals surface area contributed by atoms with E-state index in [0.29, 0.717) is 12.2 Å². The van der Waals surface area contributed by atoms with Crippen molar-refractivity contribution in [1.82, 2.24) is 5.32 Å². The summed E-state index contributed by atoms with van der Waals surface area (Å²) in [6.45, 7) is 4.03. The largest absolute Gasteiger partial charge is 0.477 e. The van der Waals surface area contributed by atoms with Crippen LogP contribution in [0.15, 0.2) is 12.1 Å². The van der Waals surface area contributed by atoms with Crippen LogP contribution in [0.5, 0.6) is 0 Å². The number of rotatable bonds is 2. The minimum absolute atomic E-state index is 0.105. The lowest BCUT2D eigenvalue weighted by atomic mass is 10.1. The van der Waals surface area contributed by atoms with Gasteiger partial charge in [0.05, 0.1) is 0 Å². The van der Waals surface area contributed by atoms with Crippen LogP contribution in [0.2, 0.25) is 0 Å². The van der Waals surface area contributed by atoms with Gasteiger partial charge in [0, 0.05) is 31.4 Å². The van der Waals surface area contributed by atoms with Crippen LogP contribution in [0, 0.1) is 11.6 Å². The summed E-state index contributed by atoms with van der Waals surface area (Å²) in [4.78, 5) is 12.5. The summed E-state index contributed by atoms with van der Waals surface area (Å²) in [5.74, 6) is -3.67. The van der Waals surface area contributed by atoms with Gasteiger partial charge < -0.3 is 15.3 Å². The lowest BCUT2D eigenvalue weighted by Gasteiger charge is -2.36. The van der Waals surface area contributed by atoms with Crippen molar-refractivity contribution in [1.29, 1.82) is 0 Å². The van der Waals surface area contributed by atoms with Crippen molar-refractivity contribution in [3.05, 3.63) is 29.3 Å². The van der Waals surface area contributed by atoms with Crippen LogP contribution >= 0.6 is 0 Å². The van der Waals surface area contributed by atoms with Crippen LogP contribution < -0.4 is 10.2 Å². The number of aromatic carboxylic acids is 1. The first-order valence-electron chi connectivity index (χ1n) is 5.70. The number of anilines is 1. The Hall–Kier alpha value is -1.69. The zero-order chi connectivity index (χ0) is 13.3. The molecule has 1 aromatic rings. The molecule has 2 rings (SSSR count). The molecular formula is C12H14F2N2O2.